The van der Waals surface area contributed by atoms with Crippen LogP contribution in [0.3, 0.4) is 0 Å². The van der Waals surface area contributed by atoms with E-state index in [1.165, 1.54) is 18.2 Å². The number of halogens is 1. The van der Waals surface area contributed by atoms with Crippen LogP contribution in [-0.4, -0.2) is 29.3 Å². The molecule has 0 spiro atoms. The van der Waals surface area contributed by atoms with Gasteiger partial charge in [0.05, 0.1) is 24.7 Å². The van der Waals surface area contributed by atoms with Crippen LogP contribution in [0.5, 0.6) is 0 Å². The Morgan fingerprint density at radius 2 is 2.26 bits per heavy atom. The first kappa shape index (κ1) is 13.2. The van der Waals surface area contributed by atoms with Gasteiger partial charge in [-0.05, 0) is 13.0 Å². The van der Waals surface area contributed by atoms with Gasteiger partial charge in [0.1, 0.15) is 11.9 Å². The summed E-state index contributed by atoms with van der Waals surface area (Å²) in [6.45, 7) is 1.54. The lowest BCUT2D eigenvalue weighted by Gasteiger charge is -2.29. The third kappa shape index (κ3) is 2.46. The van der Waals surface area contributed by atoms with Gasteiger partial charge < -0.3 is 0 Å². The summed E-state index contributed by atoms with van der Waals surface area (Å²) < 4.78 is 13.9. The van der Waals surface area contributed by atoms with Gasteiger partial charge in [-0.15, -0.1) is 0 Å². The molecule has 6 heteroatoms. The Balaban J connectivity index is 2.28. The highest BCUT2D eigenvalue weighted by molar-refractivity contribution is 6.00. The van der Waals surface area contributed by atoms with Crippen molar-refractivity contribution < 1.29 is 14.0 Å². The Morgan fingerprint density at radius 3 is 2.95 bits per heavy atom. The van der Waals surface area contributed by atoms with E-state index in [9.17, 15) is 14.0 Å². The molecule has 1 heterocycles. The molecule has 1 unspecified atom stereocenters. The molecule has 19 heavy (non-hydrogen) atoms. The fraction of sp³-hybridized carbons (Fsp3) is 0.308. The number of hydrogen-bond acceptors (Lipinski definition) is 4. The molecule has 2 rings (SSSR count). The zero-order chi connectivity index (χ0) is 14.0. The van der Waals surface area contributed by atoms with Crippen molar-refractivity contribution in [2.45, 2.75) is 19.5 Å². The fourth-order valence-corrected chi connectivity index (χ4v) is 1.90. The Hall–Kier alpha value is -2.26. The molecule has 98 valence electrons. The normalized spacial score (nSPS) is 19.4. The number of benzene rings is 1. The van der Waals surface area contributed by atoms with Crippen LogP contribution in [0.1, 0.15) is 18.1 Å². The molecule has 0 aliphatic carbocycles. The molecular weight excluding hydrogens is 249 g/mol. The predicted octanol–water partition coefficient (Wildman–Crippen LogP) is 0.544. The van der Waals surface area contributed by atoms with Crippen molar-refractivity contribution in [3.05, 3.63) is 35.1 Å². The van der Waals surface area contributed by atoms with Crippen molar-refractivity contribution in [3.63, 3.8) is 0 Å². The summed E-state index contributed by atoms with van der Waals surface area (Å²) in [6.07, 6.45) is 0. The fourth-order valence-electron chi connectivity index (χ4n) is 1.90. The zero-order valence-electron chi connectivity index (χ0n) is 10.3. The summed E-state index contributed by atoms with van der Waals surface area (Å²) in [7, 11) is 0. The number of carbonyl (C=O) groups is 2. The van der Waals surface area contributed by atoms with E-state index in [0.29, 0.717) is 0 Å². The second-order valence-corrected chi connectivity index (χ2v) is 4.31. The van der Waals surface area contributed by atoms with Crippen LogP contribution in [0.2, 0.25) is 0 Å². The lowest BCUT2D eigenvalue weighted by Crippen LogP contribution is -2.56. The van der Waals surface area contributed by atoms with Gasteiger partial charge in [0.2, 0.25) is 11.8 Å². The molecule has 1 atom stereocenters. The van der Waals surface area contributed by atoms with Gasteiger partial charge in [0.25, 0.3) is 0 Å². The second-order valence-electron chi connectivity index (χ2n) is 4.31. The first-order valence-electron chi connectivity index (χ1n) is 5.79. The van der Waals surface area contributed by atoms with Crippen LogP contribution in [0, 0.1) is 17.1 Å². The van der Waals surface area contributed by atoms with E-state index in [1.807, 2.05) is 0 Å². The number of carbonyl (C=O) groups excluding carboxylic acids is 2. The average molecular weight is 261 g/mol. The summed E-state index contributed by atoms with van der Waals surface area (Å²) in [5.74, 6) is -1.47. The standard InChI is InChI=1S/C13H12FN3O2/c1-8-13(19)17(11(18)6-16-8)7-10-4-2-3-9(5-15)12(10)14/h2-4,8,16H,6-7H2,1H3. The van der Waals surface area contributed by atoms with Crippen LogP contribution in [-0.2, 0) is 16.1 Å². The van der Waals surface area contributed by atoms with Gasteiger partial charge in [-0.2, -0.15) is 5.26 Å². The number of amides is 2. The maximum Gasteiger partial charge on any atom is 0.246 e. The van der Waals surface area contributed by atoms with E-state index < -0.39 is 23.7 Å². The number of imide groups is 1. The number of piperazine rings is 1. The molecule has 0 saturated carbocycles. The van der Waals surface area contributed by atoms with Crippen LogP contribution in [0.15, 0.2) is 18.2 Å². The Morgan fingerprint density at radius 1 is 1.53 bits per heavy atom. The van der Waals surface area contributed by atoms with Crippen molar-refractivity contribution >= 4 is 11.8 Å². The van der Waals surface area contributed by atoms with Crippen molar-refractivity contribution in [1.82, 2.24) is 10.2 Å². The summed E-state index contributed by atoms with van der Waals surface area (Å²) in [5.41, 5.74) is 0.0652. The Kier molecular flexibility index (Phi) is 3.58. The lowest BCUT2D eigenvalue weighted by atomic mass is 10.1. The van der Waals surface area contributed by atoms with Crippen molar-refractivity contribution in [1.29, 1.82) is 5.26 Å². The maximum atomic E-state index is 13.9. The van der Waals surface area contributed by atoms with Crippen LogP contribution in [0.4, 0.5) is 4.39 Å². The molecule has 1 aromatic carbocycles. The molecule has 1 aliphatic rings. The number of rotatable bonds is 2. The Bertz CT molecular complexity index is 580. The molecule has 0 bridgehead atoms. The molecule has 1 fully saturated rings. The van der Waals surface area contributed by atoms with Crippen LogP contribution in [0.25, 0.3) is 0 Å². The van der Waals surface area contributed by atoms with Gasteiger partial charge in [-0.3, -0.25) is 19.8 Å². The molecule has 2 amide bonds. The quantitative estimate of drug-likeness (QED) is 0.789. The molecule has 1 N–H and O–H groups in total. The van der Waals surface area contributed by atoms with Gasteiger partial charge in [-0.1, -0.05) is 12.1 Å². The molecular formula is C13H12FN3O2. The summed E-state index contributed by atoms with van der Waals surface area (Å²) in [5, 5.41) is 11.5. The lowest BCUT2D eigenvalue weighted by molar-refractivity contribution is -0.149. The third-order valence-corrected chi connectivity index (χ3v) is 3.02. The van der Waals surface area contributed by atoms with E-state index in [2.05, 4.69) is 5.32 Å². The van der Waals surface area contributed by atoms with E-state index in [1.54, 1.807) is 13.0 Å². The SMILES string of the molecule is CC1NCC(=O)N(Cc2cccc(C#N)c2F)C1=O. The van der Waals surface area contributed by atoms with E-state index in [-0.39, 0.29) is 24.2 Å². The minimum absolute atomic E-state index is 0.0481. The number of hydrogen-bond donors (Lipinski definition) is 1. The maximum absolute atomic E-state index is 13.9. The van der Waals surface area contributed by atoms with Gasteiger partial charge in [-0.25, -0.2) is 4.39 Å². The first-order valence-corrected chi connectivity index (χ1v) is 5.79. The zero-order valence-corrected chi connectivity index (χ0v) is 10.3. The second kappa shape index (κ2) is 5.16. The van der Waals surface area contributed by atoms with Crippen LogP contribution < -0.4 is 5.32 Å². The van der Waals surface area contributed by atoms with Crippen LogP contribution >= 0.6 is 0 Å². The monoisotopic (exact) mass is 261 g/mol. The highest BCUT2D eigenvalue weighted by Crippen LogP contribution is 2.16. The first-order chi connectivity index (χ1) is 9.04. The highest BCUT2D eigenvalue weighted by atomic mass is 19.1. The summed E-state index contributed by atoms with van der Waals surface area (Å²) in [6, 6.07) is 5.59. The Labute approximate surface area is 109 Å². The molecule has 1 aliphatic heterocycles. The van der Waals surface area contributed by atoms with Crippen molar-refractivity contribution in [3.8, 4) is 6.07 Å². The highest BCUT2D eigenvalue weighted by Gasteiger charge is 2.31. The molecule has 1 aromatic rings. The van der Waals surface area contributed by atoms with Gasteiger partial charge in [0.15, 0.2) is 0 Å². The number of nitrogens with one attached hydrogen (secondary N) is 1. The van der Waals surface area contributed by atoms with E-state index >= 15 is 0 Å². The number of nitriles is 1. The molecule has 1 saturated heterocycles. The van der Waals surface area contributed by atoms with Gasteiger partial charge in [0, 0.05) is 5.56 Å². The van der Waals surface area contributed by atoms with Crippen molar-refractivity contribution in [2.75, 3.05) is 6.54 Å². The minimum Gasteiger partial charge on any atom is -0.298 e. The smallest absolute Gasteiger partial charge is 0.246 e. The average Bonchev–Trinajstić information content (AvgIpc) is 2.41. The molecule has 5 nitrogen and oxygen atoms in total. The summed E-state index contributed by atoms with van der Waals surface area (Å²) >= 11 is 0. The van der Waals surface area contributed by atoms with E-state index in [0.717, 1.165) is 4.90 Å². The van der Waals surface area contributed by atoms with Crippen molar-refractivity contribution in [2.24, 2.45) is 0 Å². The molecule has 0 aromatic heterocycles. The number of nitrogens with zero attached hydrogens (tertiary/aromatic N) is 2. The largest absolute Gasteiger partial charge is 0.298 e. The third-order valence-electron chi connectivity index (χ3n) is 3.02. The topological polar surface area (TPSA) is 73.2 Å². The minimum atomic E-state index is -0.684. The predicted molar refractivity (Wildman–Crippen MR) is 64.1 cm³/mol. The summed E-state index contributed by atoms with van der Waals surface area (Å²) in [4.78, 5) is 24.6. The van der Waals surface area contributed by atoms with Gasteiger partial charge >= 0.3 is 0 Å². The van der Waals surface area contributed by atoms with E-state index in [4.69, 9.17) is 5.26 Å². The molecule has 0 radical (unpaired) electrons.